The molecular weight excluding hydrogens is 234 g/mol. The van der Waals surface area contributed by atoms with Crippen LogP contribution in [0.5, 0.6) is 0 Å². The zero-order valence-electron chi connectivity index (χ0n) is 8.57. The van der Waals surface area contributed by atoms with Gasteiger partial charge in [-0.25, -0.2) is 4.21 Å². The molecule has 82 valence electrons. The Morgan fingerprint density at radius 1 is 1.40 bits per heavy atom. The highest BCUT2D eigenvalue weighted by molar-refractivity contribution is 7.93. The third-order valence-electron chi connectivity index (χ3n) is 1.82. The Bertz CT molecular complexity index is 473. The van der Waals surface area contributed by atoms with Gasteiger partial charge in [0.15, 0.2) is 0 Å². The molecule has 0 fully saturated rings. The topological polar surface area (TPSA) is 46.5 Å². The van der Waals surface area contributed by atoms with Crippen molar-refractivity contribution < 1.29 is 9.00 Å². The van der Waals surface area contributed by atoms with Crippen LogP contribution in [-0.2, 0) is 20.4 Å². The van der Waals surface area contributed by atoms with E-state index >= 15 is 0 Å². The van der Waals surface area contributed by atoms with E-state index in [-0.39, 0.29) is 0 Å². The number of benzene rings is 1. The molecule has 1 unspecified atom stereocenters. The standard InChI is InChI=1S/C10H12ClNO2S/c1-8(13)12-15(2,14)10-5-3-9(7-11)4-6-10/h3-6H,7H2,1-2H3. The summed E-state index contributed by atoms with van der Waals surface area (Å²) in [6.45, 7) is 1.29. The summed E-state index contributed by atoms with van der Waals surface area (Å²) in [4.78, 5) is 11.3. The summed E-state index contributed by atoms with van der Waals surface area (Å²) in [7, 11) is -2.60. The zero-order valence-corrected chi connectivity index (χ0v) is 10.1. The maximum absolute atomic E-state index is 12.0. The van der Waals surface area contributed by atoms with Crippen molar-refractivity contribution in [3.05, 3.63) is 29.8 Å². The molecule has 0 bridgehead atoms. The van der Waals surface area contributed by atoms with Gasteiger partial charge in [-0.2, -0.15) is 4.36 Å². The van der Waals surface area contributed by atoms with Crippen LogP contribution < -0.4 is 0 Å². The van der Waals surface area contributed by atoms with E-state index in [0.717, 1.165) is 5.56 Å². The van der Waals surface area contributed by atoms with E-state index in [1.165, 1.54) is 13.2 Å². The zero-order chi connectivity index (χ0) is 11.5. The van der Waals surface area contributed by atoms with E-state index in [9.17, 15) is 9.00 Å². The Morgan fingerprint density at radius 2 is 1.93 bits per heavy atom. The highest BCUT2D eigenvalue weighted by Crippen LogP contribution is 2.14. The fourth-order valence-corrected chi connectivity index (χ4v) is 2.54. The molecule has 1 aromatic rings. The first-order chi connectivity index (χ1) is 6.95. The van der Waals surface area contributed by atoms with Crippen LogP contribution in [0.2, 0.25) is 0 Å². The fraction of sp³-hybridized carbons (Fsp3) is 0.300. The Morgan fingerprint density at radius 3 is 2.33 bits per heavy atom. The van der Waals surface area contributed by atoms with Gasteiger partial charge in [0.1, 0.15) is 0 Å². The highest BCUT2D eigenvalue weighted by Gasteiger charge is 2.06. The summed E-state index contributed by atoms with van der Waals surface area (Å²) < 4.78 is 15.6. The minimum absolute atomic E-state index is 0.412. The number of hydrogen-bond donors (Lipinski definition) is 0. The summed E-state index contributed by atoms with van der Waals surface area (Å²) in [5.74, 6) is -0.0152. The minimum atomic E-state index is -2.60. The molecule has 3 nitrogen and oxygen atoms in total. The molecular formula is C10H12ClNO2S. The summed E-state index contributed by atoms with van der Waals surface area (Å²) in [5, 5.41) is 0. The molecule has 0 saturated heterocycles. The smallest absolute Gasteiger partial charge is 0.250 e. The van der Waals surface area contributed by atoms with E-state index < -0.39 is 15.6 Å². The first kappa shape index (κ1) is 12.2. The van der Waals surface area contributed by atoms with Crippen LogP contribution in [0.25, 0.3) is 0 Å². The molecule has 1 rings (SSSR count). The number of carbonyl (C=O) groups is 1. The van der Waals surface area contributed by atoms with Gasteiger partial charge in [-0.05, 0) is 17.7 Å². The Labute approximate surface area is 94.6 Å². The number of nitrogens with zero attached hydrogens (tertiary/aromatic N) is 1. The van der Waals surface area contributed by atoms with Gasteiger partial charge in [-0.15, -0.1) is 11.6 Å². The Balaban J connectivity index is 3.17. The lowest BCUT2D eigenvalue weighted by atomic mass is 10.2. The second-order valence-corrected chi connectivity index (χ2v) is 5.72. The van der Waals surface area contributed by atoms with Gasteiger partial charge < -0.3 is 0 Å². The molecule has 5 heteroatoms. The van der Waals surface area contributed by atoms with Crippen molar-refractivity contribution in [1.82, 2.24) is 0 Å². The predicted octanol–water partition coefficient (Wildman–Crippen LogP) is 2.43. The van der Waals surface area contributed by atoms with Crippen LogP contribution in [0.4, 0.5) is 0 Å². The number of alkyl halides is 1. The third kappa shape index (κ3) is 3.32. The van der Waals surface area contributed by atoms with Crippen LogP contribution in [0.1, 0.15) is 12.5 Å². The molecule has 15 heavy (non-hydrogen) atoms. The Hall–Kier alpha value is -0.870. The van der Waals surface area contributed by atoms with E-state index in [2.05, 4.69) is 4.36 Å². The first-order valence-corrected chi connectivity index (χ1v) is 6.79. The quantitative estimate of drug-likeness (QED) is 0.752. The van der Waals surface area contributed by atoms with E-state index in [0.29, 0.717) is 10.8 Å². The average molecular weight is 246 g/mol. The molecule has 1 atom stereocenters. The van der Waals surface area contributed by atoms with Crippen molar-refractivity contribution in [3.8, 4) is 0 Å². The fourth-order valence-electron chi connectivity index (χ4n) is 1.13. The monoisotopic (exact) mass is 245 g/mol. The maximum atomic E-state index is 12.0. The molecule has 0 saturated carbocycles. The second-order valence-electron chi connectivity index (χ2n) is 3.19. The average Bonchev–Trinajstić information content (AvgIpc) is 2.16. The largest absolute Gasteiger partial charge is 0.272 e. The first-order valence-electron chi connectivity index (χ1n) is 4.33. The van der Waals surface area contributed by atoms with Gasteiger partial charge in [0, 0.05) is 24.0 Å². The molecule has 0 aliphatic rings. The molecule has 1 amide bonds. The number of rotatable bonds is 2. The lowest BCUT2D eigenvalue weighted by Gasteiger charge is -2.03. The molecule has 0 radical (unpaired) electrons. The third-order valence-corrected chi connectivity index (χ3v) is 3.88. The second kappa shape index (κ2) is 4.77. The van der Waals surface area contributed by atoms with Crippen molar-refractivity contribution in [2.75, 3.05) is 6.26 Å². The van der Waals surface area contributed by atoms with Crippen LogP contribution in [0, 0.1) is 0 Å². The number of carbonyl (C=O) groups excluding carboxylic acids is 1. The van der Waals surface area contributed by atoms with Gasteiger partial charge in [0.05, 0.1) is 9.73 Å². The lowest BCUT2D eigenvalue weighted by molar-refractivity contribution is -0.115. The van der Waals surface area contributed by atoms with Gasteiger partial charge in [-0.1, -0.05) is 12.1 Å². The minimum Gasteiger partial charge on any atom is -0.272 e. The van der Waals surface area contributed by atoms with E-state index in [4.69, 9.17) is 11.6 Å². The maximum Gasteiger partial charge on any atom is 0.250 e. The SMILES string of the molecule is CC(=O)N=S(C)(=O)c1ccc(CCl)cc1. The number of amides is 1. The molecule has 0 N–H and O–H groups in total. The van der Waals surface area contributed by atoms with Crippen LogP contribution >= 0.6 is 11.6 Å². The normalized spacial score (nSPS) is 14.3. The summed E-state index contributed by atoms with van der Waals surface area (Å²) in [6.07, 6.45) is 1.45. The lowest BCUT2D eigenvalue weighted by Crippen LogP contribution is -2.00. The van der Waals surface area contributed by atoms with Crippen molar-refractivity contribution >= 4 is 27.2 Å². The molecule has 1 aromatic carbocycles. The number of hydrogen-bond acceptors (Lipinski definition) is 2. The molecule has 0 aromatic heterocycles. The van der Waals surface area contributed by atoms with Crippen molar-refractivity contribution in [1.29, 1.82) is 0 Å². The molecule has 0 aliphatic carbocycles. The van der Waals surface area contributed by atoms with Gasteiger partial charge in [0.25, 0.3) is 5.91 Å². The van der Waals surface area contributed by atoms with Crippen molar-refractivity contribution in [2.45, 2.75) is 17.7 Å². The van der Waals surface area contributed by atoms with Crippen LogP contribution in [-0.4, -0.2) is 16.4 Å². The van der Waals surface area contributed by atoms with Gasteiger partial charge >= 0.3 is 0 Å². The van der Waals surface area contributed by atoms with Crippen LogP contribution in [0.15, 0.2) is 33.5 Å². The Kier molecular flexibility index (Phi) is 3.88. The predicted molar refractivity (Wildman–Crippen MR) is 61.4 cm³/mol. The van der Waals surface area contributed by atoms with Crippen molar-refractivity contribution in [3.63, 3.8) is 0 Å². The van der Waals surface area contributed by atoms with E-state index in [1.807, 2.05) is 0 Å². The van der Waals surface area contributed by atoms with Crippen molar-refractivity contribution in [2.24, 2.45) is 4.36 Å². The highest BCUT2D eigenvalue weighted by atomic mass is 35.5. The molecule has 0 aliphatic heterocycles. The molecule has 0 spiro atoms. The van der Waals surface area contributed by atoms with Gasteiger partial charge in [-0.3, -0.25) is 4.79 Å². The summed E-state index contributed by atoms with van der Waals surface area (Å²) in [6, 6.07) is 6.93. The van der Waals surface area contributed by atoms with E-state index in [1.54, 1.807) is 24.3 Å². The van der Waals surface area contributed by atoms with Crippen LogP contribution in [0.3, 0.4) is 0 Å². The number of halogens is 1. The summed E-state index contributed by atoms with van der Waals surface area (Å²) >= 11 is 5.63. The summed E-state index contributed by atoms with van der Waals surface area (Å²) in [5.41, 5.74) is 0.943. The van der Waals surface area contributed by atoms with Gasteiger partial charge in [0.2, 0.25) is 0 Å². The molecule has 0 heterocycles.